The summed E-state index contributed by atoms with van der Waals surface area (Å²) in [5, 5.41) is 15.2. The largest absolute Gasteiger partial charge is 0.454 e. The second kappa shape index (κ2) is 6.09. The lowest BCUT2D eigenvalue weighted by Gasteiger charge is -2.37. The van der Waals surface area contributed by atoms with Crippen molar-refractivity contribution in [2.45, 2.75) is 25.3 Å². The number of hydrogen-bond donors (Lipinski definition) is 1. The van der Waals surface area contributed by atoms with Gasteiger partial charge in [-0.05, 0) is 49.1 Å². The van der Waals surface area contributed by atoms with Crippen LogP contribution < -0.4 is 14.8 Å². The molecular formula is C21H18N2O5. The Labute approximate surface area is 161 Å². The standard InChI is InChI=1S/C21H18N2O5/c1-11(24)12-5-6-17-15(7-12)13-3-2-4-14(13)21(22-17)16-8-19-20(28-10-27-19)9-18(16)23(25)26/h2-3,5-9,13-14,21-22H,4,10H2,1H3. The minimum atomic E-state index is -0.370. The molecule has 0 bridgehead atoms. The zero-order valence-corrected chi connectivity index (χ0v) is 15.2. The summed E-state index contributed by atoms with van der Waals surface area (Å²) >= 11 is 0. The van der Waals surface area contributed by atoms with Crippen molar-refractivity contribution in [2.75, 3.05) is 12.1 Å². The lowest BCUT2D eigenvalue weighted by Crippen LogP contribution is -2.29. The summed E-state index contributed by atoms with van der Waals surface area (Å²) in [6.45, 7) is 1.62. The van der Waals surface area contributed by atoms with Crippen LogP contribution in [-0.4, -0.2) is 17.5 Å². The fourth-order valence-electron chi connectivity index (χ4n) is 4.48. The number of rotatable bonds is 3. The summed E-state index contributed by atoms with van der Waals surface area (Å²) in [7, 11) is 0. The van der Waals surface area contributed by atoms with E-state index in [-0.39, 0.29) is 41.1 Å². The molecule has 0 fully saturated rings. The fourth-order valence-corrected chi connectivity index (χ4v) is 4.48. The number of benzene rings is 2. The molecule has 7 heteroatoms. The Bertz CT molecular complexity index is 1050. The number of nitrogens with one attached hydrogen (secondary N) is 1. The molecule has 0 saturated carbocycles. The van der Waals surface area contributed by atoms with Crippen molar-refractivity contribution in [2.24, 2.45) is 5.92 Å². The molecule has 2 aromatic rings. The van der Waals surface area contributed by atoms with E-state index in [0.29, 0.717) is 22.6 Å². The average molecular weight is 378 g/mol. The van der Waals surface area contributed by atoms with Crippen molar-refractivity contribution < 1.29 is 19.2 Å². The predicted molar refractivity (Wildman–Crippen MR) is 102 cm³/mol. The number of allylic oxidation sites excluding steroid dienone is 2. The molecule has 0 radical (unpaired) electrons. The van der Waals surface area contributed by atoms with Crippen LogP contribution in [0.2, 0.25) is 0 Å². The number of Topliss-reactive ketones (excluding diaryl/α,β-unsaturated/α-hetero) is 1. The molecule has 0 aromatic heterocycles. The van der Waals surface area contributed by atoms with Gasteiger partial charge < -0.3 is 14.8 Å². The van der Waals surface area contributed by atoms with Crippen LogP contribution in [-0.2, 0) is 0 Å². The van der Waals surface area contributed by atoms with E-state index in [2.05, 4.69) is 17.5 Å². The molecule has 1 aliphatic carbocycles. The van der Waals surface area contributed by atoms with Gasteiger partial charge in [-0.25, -0.2) is 0 Å². The minimum Gasteiger partial charge on any atom is -0.454 e. The first-order chi connectivity index (χ1) is 13.5. The molecule has 1 N–H and O–H groups in total. The average Bonchev–Trinajstić information content (AvgIpc) is 3.34. The molecule has 7 nitrogen and oxygen atoms in total. The first kappa shape index (κ1) is 16.8. The topological polar surface area (TPSA) is 90.7 Å². The van der Waals surface area contributed by atoms with Gasteiger partial charge in [-0.15, -0.1) is 0 Å². The highest BCUT2D eigenvalue weighted by Gasteiger charge is 2.41. The molecule has 0 spiro atoms. The first-order valence-corrected chi connectivity index (χ1v) is 9.19. The molecule has 0 amide bonds. The van der Waals surface area contributed by atoms with Gasteiger partial charge in [-0.2, -0.15) is 0 Å². The highest BCUT2D eigenvalue weighted by atomic mass is 16.7. The molecule has 5 rings (SSSR count). The van der Waals surface area contributed by atoms with Gasteiger partial charge in [-0.3, -0.25) is 14.9 Å². The molecule has 3 aliphatic rings. The second-order valence-corrected chi connectivity index (χ2v) is 7.36. The highest BCUT2D eigenvalue weighted by Crippen LogP contribution is 2.52. The Hall–Kier alpha value is -3.35. The van der Waals surface area contributed by atoms with Crippen LogP contribution in [0.1, 0.15) is 46.8 Å². The quantitative estimate of drug-likeness (QED) is 0.369. The second-order valence-electron chi connectivity index (χ2n) is 7.36. The third-order valence-corrected chi connectivity index (χ3v) is 5.82. The van der Waals surface area contributed by atoms with Gasteiger partial charge in [-0.1, -0.05) is 12.2 Å². The Kier molecular flexibility index (Phi) is 3.65. The summed E-state index contributed by atoms with van der Waals surface area (Å²) in [6, 6.07) is 8.54. The number of hydrogen-bond acceptors (Lipinski definition) is 6. The fraction of sp³-hybridized carbons (Fsp3) is 0.286. The van der Waals surface area contributed by atoms with Crippen LogP contribution >= 0.6 is 0 Å². The number of anilines is 1. The van der Waals surface area contributed by atoms with E-state index in [1.54, 1.807) is 19.1 Å². The van der Waals surface area contributed by atoms with E-state index >= 15 is 0 Å². The molecule has 2 heterocycles. The van der Waals surface area contributed by atoms with Gasteiger partial charge in [0.2, 0.25) is 6.79 Å². The van der Waals surface area contributed by atoms with Crippen molar-refractivity contribution >= 4 is 17.2 Å². The zero-order chi connectivity index (χ0) is 19.4. The van der Waals surface area contributed by atoms with Gasteiger partial charge in [0.25, 0.3) is 5.69 Å². The summed E-state index contributed by atoms with van der Waals surface area (Å²) in [6.07, 6.45) is 5.05. The van der Waals surface area contributed by atoms with E-state index in [4.69, 9.17) is 9.47 Å². The van der Waals surface area contributed by atoms with Crippen molar-refractivity contribution in [1.29, 1.82) is 0 Å². The molecule has 2 aliphatic heterocycles. The normalized spacial score (nSPS) is 23.7. The number of ether oxygens (including phenoxy) is 2. The monoisotopic (exact) mass is 378 g/mol. The van der Waals surface area contributed by atoms with Gasteiger partial charge in [0, 0.05) is 17.2 Å². The van der Waals surface area contributed by atoms with Gasteiger partial charge >= 0.3 is 0 Å². The Morgan fingerprint density at radius 3 is 2.71 bits per heavy atom. The number of carbonyl (C=O) groups is 1. The number of nitro groups is 1. The van der Waals surface area contributed by atoms with Gasteiger partial charge in [0.1, 0.15) is 0 Å². The van der Waals surface area contributed by atoms with Gasteiger partial charge in [0.05, 0.1) is 22.6 Å². The van der Waals surface area contributed by atoms with Crippen molar-refractivity contribution in [1.82, 2.24) is 0 Å². The van der Waals surface area contributed by atoms with Gasteiger partial charge in [0.15, 0.2) is 17.3 Å². The Morgan fingerprint density at radius 1 is 1.18 bits per heavy atom. The van der Waals surface area contributed by atoms with E-state index in [1.807, 2.05) is 12.1 Å². The Morgan fingerprint density at radius 2 is 1.96 bits per heavy atom. The van der Waals surface area contributed by atoms with E-state index < -0.39 is 0 Å². The highest BCUT2D eigenvalue weighted by molar-refractivity contribution is 5.95. The van der Waals surface area contributed by atoms with E-state index in [0.717, 1.165) is 17.7 Å². The lowest BCUT2D eigenvalue weighted by molar-refractivity contribution is -0.385. The molecule has 142 valence electrons. The van der Waals surface area contributed by atoms with E-state index in [1.165, 1.54) is 6.07 Å². The molecule has 2 aromatic carbocycles. The Balaban J connectivity index is 1.63. The molecule has 3 unspecified atom stereocenters. The third kappa shape index (κ3) is 2.46. The van der Waals surface area contributed by atoms with Crippen molar-refractivity contribution in [3.8, 4) is 11.5 Å². The summed E-state index contributed by atoms with van der Waals surface area (Å²) in [5.74, 6) is 1.18. The van der Waals surface area contributed by atoms with Crippen molar-refractivity contribution in [3.63, 3.8) is 0 Å². The number of nitrogens with zero attached hydrogens (tertiary/aromatic N) is 1. The number of ketones is 1. The molecule has 3 atom stereocenters. The van der Waals surface area contributed by atoms with E-state index in [9.17, 15) is 14.9 Å². The van der Waals surface area contributed by atoms with Crippen LogP contribution in [0.15, 0.2) is 42.5 Å². The number of carbonyl (C=O) groups excluding carboxylic acids is 1. The smallest absolute Gasteiger partial charge is 0.278 e. The molecule has 28 heavy (non-hydrogen) atoms. The van der Waals surface area contributed by atoms with Crippen LogP contribution in [0.5, 0.6) is 11.5 Å². The number of nitro benzene ring substituents is 1. The summed E-state index contributed by atoms with van der Waals surface area (Å²) in [5.41, 5.74) is 3.25. The minimum absolute atomic E-state index is 0.0230. The van der Waals surface area contributed by atoms with Crippen LogP contribution in [0, 0.1) is 16.0 Å². The SMILES string of the molecule is CC(=O)c1ccc2c(c1)C1C=CCC1C(c1cc3c(cc1[N+](=O)[O-])OCO3)N2. The number of fused-ring (bicyclic) bond motifs is 4. The maximum Gasteiger partial charge on any atom is 0.278 e. The maximum atomic E-state index is 11.8. The predicted octanol–water partition coefficient (Wildman–Crippen LogP) is 4.35. The first-order valence-electron chi connectivity index (χ1n) is 9.19. The zero-order valence-electron chi connectivity index (χ0n) is 15.2. The summed E-state index contributed by atoms with van der Waals surface area (Å²) < 4.78 is 10.8. The third-order valence-electron chi connectivity index (χ3n) is 5.82. The van der Waals surface area contributed by atoms with Crippen LogP contribution in [0.4, 0.5) is 11.4 Å². The molecular weight excluding hydrogens is 360 g/mol. The van der Waals surface area contributed by atoms with Crippen molar-refractivity contribution in [3.05, 3.63) is 69.3 Å². The summed E-state index contributed by atoms with van der Waals surface area (Å²) in [4.78, 5) is 23.2. The van der Waals surface area contributed by atoms with Crippen LogP contribution in [0.25, 0.3) is 0 Å². The maximum absolute atomic E-state index is 11.8. The van der Waals surface area contributed by atoms with Crippen LogP contribution in [0.3, 0.4) is 0 Å². The molecule has 0 saturated heterocycles. The lowest BCUT2D eigenvalue weighted by atomic mass is 9.76.